The first kappa shape index (κ1) is 8.23. The van der Waals surface area contributed by atoms with Gasteiger partial charge in [0.05, 0.1) is 0 Å². The van der Waals surface area contributed by atoms with Crippen molar-refractivity contribution in [2.45, 2.75) is 26.2 Å². The highest BCUT2D eigenvalue weighted by Gasteiger charge is 2.15. The van der Waals surface area contributed by atoms with Crippen LogP contribution in [-0.2, 0) is 5.41 Å². The summed E-state index contributed by atoms with van der Waals surface area (Å²) in [6.07, 6.45) is 1.57. The molecule has 68 valence electrons. The van der Waals surface area contributed by atoms with Crippen molar-refractivity contribution in [3.63, 3.8) is 0 Å². The quantitative estimate of drug-likeness (QED) is 0.619. The standard InChI is InChI=1S/C10H12N2O/c1-10(2,3)9-5-4-7-8(11-9)6-13-12-7/h4-6H,1-3H3. The second-order valence-corrected chi connectivity index (χ2v) is 4.17. The van der Waals surface area contributed by atoms with Crippen molar-refractivity contribution in [2.24, 2.45) is 0 Å². The van der Waals surface area contributed by atoms with E-state index in [2.05, 4.69) is 30.9 Å². The fraction of sp³-hybridized carbons (Fsp3) is 0.400. The molecule has 0 radical (unpaired) electrons. The Morgan fingerprint density at radius 1 is 1.15 bits per heavy atom. The van der Waals surface area contributed by atoms with E-state index < -0.39 is 0 Å². The summed E-state index contributed by atoms with van der Waals surface area (Å²) in [5.41, 5.74) is 2.77. The largest absolute Gasteiger partial charge is 0.362 e. The highest BCUT2D eigenvalue weighted by atomic mass is 16.5. The maximum absolute atomic E-state index is 4.82. The van der Waals surface area contributed by atoms with Gasteiger partial charge in [0.2, 0.25) is 0 Å². The van der Waals surface area contributed by atoms with E-state index in [-0.39, 0.29) is 5.41 Å². The number of aromatic nitrogens is 2. The summed E-state index contributed by atoms with van der Waals surface area (Å²) < 4.78 is 4.82. The lowest BCUT2D eigenvalue weighted by molar-refractivity contribution is 0.428. The maximum Gasteiger partial charge on any atom is 0.150 e. The molecule has 0 amide bonds. The van der Waals surface area contributed by atoms with Crippen LogP contribution in [0.4, 0.5) is 0 Å². The molecule has 3 nitrogen and oxygen atoms in total. The van der Waals surface area contributed by atoms with Crippen molar-refractivity contribution in [3.8, 4) is 0 Å². The van der Waals surface area contributed by atoms with Gasteiger partial charge in [0, 0.05) is 11.1 Å². The Morgan fingerprint density at radius 3 is 2.62 bits per heavy atom. The summed E-state index contributed by atoms with van der Waals surface area (Å²) >= 11 is 0. The summed E-state index contributed by atoms with van der Waals surface area (Å²) in [4.78, 5) is 4.45. The van der Waals surface area contributed by atoms with E-state index in [0.717, 1.165) is 16.7 Å². The van der Waals surface area contributed by atoms with E-state index in [0.29, 0.717) is 0 Å². The van der Waals surface area contributed by atoms with Crippen LogP contribution in [0.3, 0.4) is 0 Å². The summed E-state index contributed by atoms with van der Waals surface area (Å²) in [6.45, 7) is 6.40. The Hall–Kier alpha value is -1.38. The third-order valence-electron chi connectivity index (χ3n) is 1.99. The van der Waals surface area contributed by atoms with Crippen molar-refractivity contribution in [3.05, 3.63) is 24.1 Å². The Labute approximate surface area is 76.8 Å². The molecule has 2 rings (SSSR count). The SMILES string of the molecule is CC(C)(C)c1ccc2nocc2n1. The minimum Gasteiger partial charge on any atom is -0.362 e. The molecule has 2 aromatic rings. The van der Waals surface area contributed by atoms with Crippen molar-refractivity contribution < 1.29 is 4.52 Å². The van der Waals surface area contributed by atoms with Gasteiger partial charge in [0.25, 0.3) is 0 Å². The Kier molecular flexibility index (Phi) is 1.62. The summed E-state index contributed by atoms with van der Waals surface area (Å²) in [5, 5.41) is 3.80. The third-order valence-corrected chi connectivity index (χ3v) is 1.99. The van der Waals surface area contributed by atoms with Gasteiger partial charge in [-0.1, -0.05) is 25.9 Å². The van der Waals surface area contributed by atoms with E-state index in [1.54, 1.807) is 6.26 Å². The minimum absolute atomic E-state index is 0.0749. The van der Waals surface area contributed by atoms with Gasteiger partial charge in [-0.25, -0.2) is 4.98 Å². The average molecular weight is 176 g/mol. The lowest BCUT2D eigenvalue weighted by atomic mass is 9.91. The van der Waals surface area contributed by atoms with Crippen LogP contribution in [0.15, 0.2) is 22.9 Å². The van der Waals surface area contributed by atoms with E-state index >= 15 is 0 Å². The van der Waals surface area contributed by atoms with Crippen LogP contribution in [0.2, 0.25) is 0 Å². The summed E-state index contributed by atoms with van der Waals surface area (Å²) in [7, 11) is 0. The van der Waals surface area contributed by atoms with Crippen molar-refractivity contribution in [1.29, 1.82) is 0 Å². The first-order valence-corrected chi connectivity index (χ1v) is 4.29. The van der Waals surface area contributed by atoms with Crippen LogP contribution in [-0.4, -0.2) is 10.1 Å². The Balaban J connectivity index is 2.61. The molecule has 0 fully saturated rings. The van der Waals surface area contributed by atoms with Gasteiger partial charge in [-0.05, 0) is 12.1 Å². The lowest BCUT2D eigenvalue weighted by Crippen LogP contribution is -2.12. The van der Waals surface area contributed by atoms with Gasteiger partial charge in [-0.3, -0.25) is 0 Å². The highest BCUT2D eigenvalue weighted by molar-refractivity contribution is 5.72. The van der Waals surface area contributed by atoms with Crippen LogP contribution in [0, 0.1) is 0 Å². The molecule has 2 aromatic heterocycles. The molecule has 0 atom stereocenters. The number of fused-ring (bicyclic) bond motifs is 1. The molecular weight excluding hydrogens is 164 g/mol. The number of rotatable bonds is 0. The molecule has 13 heavy (non-hydrogen) atoms. The first-order chi connectivity index (χ1) is 6.07. The average Bonchev–Trinajstić information content (AvgIpc) is 2.47. The fourth-order valence-corrected chi connectivity index (χ4v) is 1.18. The Bertz CT molecular complexity index is 426. The van der Waals surface area contributed by atoms with Gasteiger partial charge in [0.1, 0.15) is 17.3 Å². The van der Waals surface area contributed by atoms with Gasteiger partial charge < -0.3 is 4.52 Å². The third kappa shape index (κ3) is 1.41. The minimum atomic E-state index is 0.0749. The second kappa shape index (κ2) is 2.55. The molecule has 0 unspecified atom stereocenters. The first-order valence-electron chi connectivity index (χ1n) is 4.29. The second-order valence-electron chi connectivity index (χ2n) is 4.17. The molecule has 0 aliphatic rings. The predicted molar refractivity (Wildman–Crippen MR) is 50.5 cm³/mol. The number of pyridine rings is 1. The van der Waals surface area contributed by atoms with Crippen LogP contribution < -0.4 is 0 Å². The molecule has 2 heterocycles. The zero-order chi connectivity index (χ0) is 9.47. The molecule has 0 saturated carbocycles. The van der Waals surface area contributed by atoms with Crippen LogP contribution in [0.25, 0.3) is 11.0 Å². The molecular formula is C10H12N2O. The number of hydrogen-bond donors (Lipinski definition) is 0. The normalized spacial score (nSPS) is 12.2. The highest BCUT2D eigenvalue weighted by Crippen LogP contribution is 2.22. The smallest absolute Gasteiger partial charge is 0.150 e. The molecule has 0 aliphatic carbocycles. The molecule has 0 saturated heterocycles. The van der Waals surface area contributed by atoms with Gasteiger partial charge in [-0.2, -0.15) is 0 Å². The van der Waals surface area contributed by atoms with Gasteiger partial charge in [0.15, 0.2) is 0 Å². The van der Waals surface area contributed by atoms with Crippen LogP contribution >= 0.6 is 0 Å². The zero-order valence-corrected chi connectivity index (χ0v) is 8.03. The van der Waals surface area contributed by atoms with E-state index in [1.807, 2.05) is 12.1 Å². The molecule has 0 aliphatic heterocycles. The predicted octanol–water partition coefficient (Wildman–Crippen LogP) is 2.52. The molecule has 0 aromatic carbocycles. The van der Waals surface area contributed by atoms with E-state index in [9.17, 15) is 0 Å². The molecule has 0 bridgehead atoms. The zero-order valence-electron chi connectivity index (χ0n) is 8.03. The Morgan fingerprint density at radius 2 is 1.92 bits per heavy atom. The van der Waals surface area contributed by atoms with Crippen LogP contribution in [0.1, 0.15) is 26.5 Å². The van der Waals surface area contributed by atoms with Gasteiger partial charge >= 0.3 is 0 Å². The summed E-state index contributed by atoms with van der Waals surface area (Å²) in [6, 6.07) is 3.93. The van der Waals surface area contributed by atoms with Crippen molar-refractivity contribution >= 4 is 11.0 Å². The summed E-state index contributed by atoms with van der Waals surface area (Å²) in [5.74, 6) is 0. The van der Waals surface area contributed by atoms with Gasteiger partial charge in [-0.15, -0.1) is 0 Å². The monoisotopic (exact) mass is 176 g/mol. The van der Waals surface area contributed by atoms with Crippen molar-refractivity contribution in [2.75, 3.05) is 0 Å². The number of hydrogen-bond acceptors (Lipinski definition) is 3. The molecule has 3 heteroatoms. The van der Waals surface area contributed by atoms with Crippen molar-refractivity contribution in [1.82, 2.24) is 10.1 Å². The van der Waals surface area contributed by atoms with Crippen LogP contribution in [0.5, 0.6) is 0 Å². The number of nitrogens with zero attached hydrogens (tertiary/aromatic N) is 2. The molecule has 0 N–H and O–H groups in total. The van der Waals surface area contributed by atoms with E-state index in [1.165, 1.54) is 0 Å². The topological polar surface area (TPSA) is 38.9 Å². The fourth-order valence-electron chi connectivity index (χ4n) is 1.18. The van der Waals surface area contributed by atoms with E-state index in [4.69, 9.17) is 4.52 Å². The maximum atomic E-state index is 4.82. The molecule has 0 spiro atoms. The lowest BCUT2D eigenvalue weighted by Gasteiger charge is -2.16.